The first-order valence-corrected chi connectivity index (χ1v) is 10.9. The Kier molecular flexibility index (Phi) is 5.49. The van der Waals surface area contributed by atoms with E-state index in [0.29, 0.717) is 20.6 Å². The van der Waals surface area contributed by atoms with Gasteiger partial charge in [-0.15, -0.1) is 0 Å². The molecule has 2 aromatic heterocycles. The number of fused-ring (bicyclic) bond motifs is 1. The topological polar surface area (TPSA) is 78.5 Å². The number of benzene rings is 1. The van der Waals surface area contributed by atoms with Crippen molar-refractivity contribution < 1.29 is 9.53 Å². The number of carbonyl (C=O) groups excluding carboxylic acids is 1. The summed E-state index contributed by atoms with van der Waals surface area (Å²) in [5, 5.41) is 4.55. The van der Waals surface area contributed by atoms with E-state index >= 15 is 0 Å². The van der Waals surface area contributed by atoms with Crippen LogP contribution in [0, 0.1) is 13.8 Å². The predicted molar refractivity (Wildman–Crippen MR) is 120 cm³/mol. The largest absolute Gasteiger partial charge is 0.466 e. The van der Waals surface area contributed by atoms with E-state index in [-0.39, 0.29) is 5.56 Å². The van der Waals surface area contributed by atoms with Gasteiger partial charge in [0, 0.05) is 17.8 Å². The van der Waals surface area contributed by atoms with Crippen LogP contribution in [0.2, 0.25) is 0 Å². The van der Waals surface area contributed by atoms with Crippen LogP contribution in [0.4, 0.5) is 0 Å². The molecule has 3 aromatic rings. The molecule has 7 nitrogen and oxygen atoms in total. The lowest BCUT2D eigenvalue weighted by molar-refractivity contribution is -0.136. The number of nitrogens with zero attached hydrogens (tertiary/aromatic N) is 4. The Labute approximate surface area is 183 Å². The molecule has 0 saturated carbocycles. The van der Waals surface area contributed by atoms with E-state index in [1.807, 2.05) is 61.9 Å². The van der Waals surface area contributed by atoms with Crippen LogP contribution in [0.3, 0.4) is 0 Å². The fourth-order valence-corrected chi connectivity index (χ4v) is 5.03. The normalized spacial score (nSPS) is 16.3. The quantitative estimate of drug-likeness (QED) is 0.588. The molecule has 4 rings (SSSR count). The lowest BCUT2D eigenvalue weighted by atomic mass is 9.96. The van der Waals surface area contributed by atoms with Crippen LogP contribution in [0.25, 0.3) is 6.08 Å². The Hall–Kier alpha value is -3.26. The zero-order valence-electron chi connectivity index (χ0n) is 18.2. The second-order valence-electron chi connectivity index (χ2n) is 7.38. The average Bonchev–Trinajstić information content (AvgIpc) is 3.23. The number of carbonyl (C=O) groups is 1. The fourth-order valence-electron chi connectivity index (χ4n) is 4.00. The molecule has 1 aliphatic heterocycles. The lowest BCUT2D eigenvalue weighted by Crippen LogP contribution is -2.39. The number of ether oxygens (including phenoxy) is 1. The minimum Gasteiger partial charge on any atom is -0.466 e. The van der Waals surface area contributed by atoms with Gasteiger partial charge in [-0.1, -0.05) is 41.7 Å². The molecule has 160 valence electrons. The Morgan fingerprint density at radius 1 is 1.23 bits per heavy atom. The lowest BCUT2D eigenvalue weighted by Gasteiger charge is -2.24. The van der Waals surface area contributed by atoms with E-state index in [0.717, 1.165) is 29.1 Å². The molecule has 0 radical (unpaired) electrons. The summed E-state index contributed by atoms with van der Waals surface area (Å²) in [5.74, 6) is -0.486. The summed E-state index contributed by atoms with van der Waals surface area (Å²) < 4.78 is 9.10. The van der Waals surface area contributed by atoms with Crippen molar-refractivity contribution in [1.29, 1.82) is 0 Å². The van der Waals surface area contributed by atoms with E-state index in [9.17, 15) is 9.59 Å². The highest BCUT2D eigenvalue weighted by atomic mass is 32.1. The second-order valence-corrected chi connectivity index (χ2v) is 8.39. The number of aryl methyl sites for hydroxylation is 2. The maximum Gasteiger partial charge on any atom is 0.338 e. The van der Waals surface area contributed by atoms with Gasteiger partial charge in [0.25, 0.3) is 5.56 Å². The maximum absolute atomic E-state index is 13.5. The number of allylic oxidation sites excluding steroid dienone is 1. The van der Waals surface area contributed by atoms with Gasteiger partial charge >= 0.3 is 5.97 Å². The summed E-state index contributed by atoms with van der Waals surface area (Å²) in [4.78, 5) is 31.3. The number of thiazole rings is 1. The first-order chi connectivity index (χ1) is 14.9. The molecule has 1 atom stereocenters. The zero-order chi connectivity index (χ0) is 22.3. The average molecular weight is 437 g/mol. The minimum absolute atomic E-state index is 0.186. The summed E-state index contributed by atoms with van der Waals surface area (Å²) in [6.07, 6.45) is 1.88. The van der Waals surface area contributed by atoms with Gasteiger partial charge in [0.2, 0.25) is 0 Å². The van der Waals surface area contributed by atoms with Gasteiger partial charge < -0.3 is 4.74 Å². The Balaban J connectivity index is 1.99. The van der Waals surface area contributed by atoms with Crippen molar-refractivity contribution in [2.45, 2.75) is 40.3 Å². The number of aromatic nitrogens is 3. The summed E-state index contributed by atoms with van der Waals surface area (Å²) in [6.45, 7) is 8.51. The standard InChI is InChI=1S/C23H24N4O3S/c1-6-26-15(4)17(13(2)25-26)12-18-21(28)27-20(16-10-8-7-9-11-16)19(22(29)30-5)14(3)24-23(27)31-18/h7-12,20H,6H2,1-5H3/b18-12-/t20-/m1/s1. The van der Waals surface area contributed by atoms with Gasteiger partial charge in [-0.25, -0.2) is 9.79 Å². The van der Waals surface area contributed by atoms with Crippen LogP contribution >= 0.6 is 11.3 Å². The van der Waals surface area contributed by atoms with E-state index in [1.165, 1.54) is 18.4 Å². The third-order valence-electron chi connectivity index (χ3n) is 5.55. The Morgan fingerprint density at radius 3 is 2.55 bits per heavy atom. The molecule has 8 heteroatoms. The molecular formula is C23H24N4O3S. The van der Waals surface area contributed by atoms with Crippen molar-refractivity contribution in [2.24, 2.45) is 4.99 Å². The van der Waals surface area contributed by atoms with Gasteiger partial charge in [0.05, 0.1) is 34.6 Å². The fraction of sp³-hybridized carbons (Fsp3) is 0.304. The number of rotatable bonds is 4. The van der Waals surface area contributed by atoms with Crippen molar-refractivity contribution in [1.82, 2.24) is 14.3 Å². The number of hydrogen-bond acceptors (Lipinski definition) is 6. The first kappa shape index (κ1) is 21.0. The molecular weight excluding hydrogens is 412 g/mol. The van der Waals surface area contributed by atoms with E-state index < -0.39 is 12.0 Å². The molecule has 0 aliphatic carbocycles. The van der Waals surface area contributed by atoms with Crippen molar-refractivity contribution in [3.05, 3.63) is 83.8 Å². The number of esters is 1. The highest BCUT2D eigenvalue weighted by Gasteiger charge is 2.32. The SMILES string of the molecule is CCn1nc(C)c(/C=c2\sc3n(c2=O)[C@H](c2ccccc2)C(C(=O)OC)=C(C)N=3)c1C. The first-order valence-electron chi connectivity index (χ1n) is 10.1. The van der Waals surface area contributed by atoms with Crippen molar-refractivity contribution in [3.63, 3.8) is 0 Å². The maximum atomic E-state index is 13.5. The smallest absolute Gasteiger partial charge is 0.338 e. The van der Waals surface area contributed by atoms with Crippen LogP contribution in [-0.4, -0.2) is 27.4 Å². The van der Waals surface area contributed by atoms with E-state index in [4.69, 9.17) is 4.74 Å². The summed E-state index contributed by atoms with van der Waals surface area (Å²) in [5.41, 5.74) is 4.39. The molecule has 1 aromatic carbocycles. The molecule has 31 heavy (non-hydrogen) atoms. The Morgan fingerprint density at radius 2 is 1.94 bits per heavy atom. The molecule has 0 spiro atoms. The van der Waals surface area contributed by atoms with Crippen LogP contribution in [0.1, 0.15) is 42.4 Å². The number of methoxy groups -OCH3 is 1. The highest BCUT2D eigenvalue weighted by Crippen LogP contribution is 2.30. The number of hydrogen-bond donors (Lipinski definition) is 0. The summed E-state index contributed by atoms with van der Waals surface area (Å²) in [6, 6.07) is 8.90. The third-order valence-corrected chi connectivity index (χ3v) is 6.54. The van der Waals surface area contributed by atoms with Crippen molar-refractivity contribution in [3.8, 4) is 0 Å². The second kappa shape index (κ2) is 8.11. The molecule has 0 unspecified atom stereocenters. The van der Waals surface area contributed by atoms with Crippen LogP contribution in [0.15, 0.2) is 51.4 Å². The molecule has 3 heterocycles. The predicted octanol–water partition coefficient (Wildman–Crippen LogP) is 2.24. The molecule has 0 bridgehead atoms. The minimum atomic E-state index is -0.590. The van der Waals surface area contributed by atoms with Gasteiger partial charge in [-0.2, -0.15) is 5.10 Å². The highest BCUT2D eigenvalue weighted by molar-refractivity contribution is 7.07. The Bertz CT molecular complexity index is 1380. The van der Waals surface area contributed by atoms with E-state index in [1.54, 1.807) is 11.5 Å². The molecule has 0 fully saturated rings. The van der Waals surface area contributed by atoms with Crippen LogP contribution < -0.4 is 14.9 Å². The van der Waals surface area contributed by atoms with E-state index in [2.05, 4.69) is 10.1 Å². The van der Waals surface area contributed by atoms with Crippen molar-refractivity contribution >= 4 is 23.4 Å². The van der Waals surface area contributed by atoms with Crippen LogP contribution in [-0.2, 0) is 16.1 Å². The molecule has 0 saturated heterocycles. The summed E-state index contributed by atoms with van der Waals surface area (Å²) in [7, 11) is 1.34. The van der Waals surface area contributed by atoms with Gasteiger partial charge in [0.1, 0.15) is 0 Å². The summed E-state index contributed by atoms with van der Waals surface area (Å²) >= 11 is 1.32. The molecule has 0 amide bonds. The monoisotopic (exact) mass is 436 g/mol. The van der Waals surface area contributed by atoms with Crippen LogP contribution in [0.5, 0.6) is 0 Å². The van der Waals surface area contributed by atoms with Crippen molar-refractivity contribution in [2.75, 3.05) is 7.11 Å². The van der Waals surface area contributed by atoms with Gasteiger partial charge in [0.15, 0.2) is 4.80 Å². The zero-order valence-corrected chi connectivity index (χ0v) is 19.0. The van der Waals surface area contributed by atoms with Gasteiger partial charge in [-0.05, 0) is 39.3 Å². The third kappa shape index (κ3) is 3.46. The van der Waals surface area contributed by atoms with Gasteiger partial charge in [-0.3, -0.25) is 14.0 Å². The molecule has 0 N–H and O–H groups in total. The molecule has 1 aliphatic rings.